The van der Waals surface area contributed by atoms with Crippen molar-refractivity contribution >= 4 is 23.0 Å². The third kappa shape index (κ3) is 3.26. The van der Waals surface area contributed by atoms with Crippen molar-refractivity contribution in [3.05, 3.63) is 57.5 Å². The van der Waals surface area contributed by atoms with Gasteiger partial charge in [0.15, 0.2) is 5.78 Å². The molecule has 1 amide bonds. The number of hydrogen-bond donors (Lipinski definition) is 1. The molecule has 0 bridgehead atoms. The molecule has 2 rings (SSSR count). The molecule has 0 spiro atoms. The third-order valence-corrected chi connectivity index (χ3v) is 3.50. The molecule has 98 valence electrons. The second-order valence-corrected chi connectivity index (χ2v) is 4.99. The van der Waals surface area contributed by atoms with Crippen molar-refractivity contribution in [2.45, 2.75) is 6.92 Å². The quantitative estimate of drug-likeness (QED) is 0.873. The number of amides is 1. The lowest BCUT2D eigenvalue weighted by molar-refractivity contribution is 0.0906. The van der Waals surface area contributed by atoms with E-state index in [9.17, 15) is 14.0 Å². The normalized spacial score (nSPS) is 10.2. The van der Waals surface area contributed by atoms with Crippen LogP contribution < -0.4 is 5.32 Å². The first kappa shape index (κ1) is 13.4. The number of Topliss-reactive ketones (excluding diaryl/α,β-unsaturated/α-hetero) is 1. The van der Waals surface area contributed by atoms with E-state index in [1.165, 1.54) is 29.5 Å². The van der Waals surface area contributed by atoms with Gasteiger partial charge in [0.2, 0.25) is 0 Å². The first-order valence-corrected chi connectivity index (χ1v) is 6.57. The minimum atomic E-state index is -0.348. The van der Waals surface area contributed by atoms with Crippen LogP contribution >= 0.6 is 11.3 Å². The zero-order chi connectivity index (χ0) is 13.8. The molecule has 0 atom stereocenters. The molecule has 0 aliphatic carbocycles. The smallest absolute Gasteiger partial charge is 0.261 e. The highest BCUT2D eigenvalue weighted by atomic mass is 32.1. The van der Waals surface area contributed by atoms with Gasteiger partial charge in [0.25, 0.3) is 5.91 Å². The summed E-state index contributed by atoms with van der Waals surface area (Å²) in [6.07, 6.45) is 0. The number of hydrogen-bond acceptors (Lipinski definition) is 3. The molecule has 0 unspecified atom stereocenters. The summed E-state index contributed by atoms with van der Waals surface area (Å²) in [5.74, 6) is -0.866. The van der Waals surface area contributed by atoms with Crippen LogP contribution in [0, 0.1) is 12.7 Å². The average molecular weight is 277 g/mol. The average Bonchev–Trinajstić information content (AvgIpc) is 2.92. The standard InChI is InChI=1S/C14H12FNO2S/c1-9-7-10(4-5-11(9)15)12(17)8-16-14(18)13-3-2-6-19-13/h2-7H,8H2,1H3,(H,16,18). The van der Waals surface area contributed by atoms with Crippen LogP contribution in [0.3, 0.4) is 0 Å². The molecule has 1 aromatic heterocycles. The monoisotopic (exact) mass is 277 g/mol. The Kier molecular flexibility index (Phi) is 4.06. The van der Waals surface area contributed by atoms with Gasteiger partial charge in [0.05, 0.1) is 11.4 Å². The van der Waals surface area contributed by atoms with Crippen molar-refractivity contribution in [3.63, 3.8) is 0 Å². The molecule has 1 heterocycles. The number of thiophene rings is 1. The fourth-order valence-electron chi connectivity index (χ4n) is 1.58. The van der Waals surface area contributed by atoms with E-state index in [1.807, 2.05) is 0 Å². The van der Waals surface area contributed by atoms with E-state index in [4.69, 9.17) is 0 Å². The van der Waals surface area contributed by atoms with Gasteiger partial charge in [-0.25, -0.2) is 4.39 Å². The predicted molar refractivity (Wildman–Crippen MR) is 72.1 cm³/mol. The second kappa shape index (κ2) is 5.75. The van der Waals surface area contributed by atoms with Crippen molar-refractivity contribution in [1.82, 2.24) is 5.32 Å². The van der Waals surface area contributed by atoms with E-state index in [2.05, 4.69) is 5.32 Å². The van der Waals surface area contributed by atoms with E-state index in [-0.39, 0.29) is 24.1 Å². The summed E-state index contributed by atoms with van der Waals surface area (Å²) in [7, 11) is 0. The summed E-state index contributed by atoms with van der Waals surface area (Å²) in [5.41, 5.74) is 0.806. The maximum absolute atomic E-state index is 13.1. The number of aryl methyl sites for hydroxylation is 1. The van der Waals surface area contributed by atoms with Gasteiger partial charge in [-0.15, -0.1) is 11.3 Å². The van der Waals surface area contributed by atoms with Crippen molar-refractivity contribution in [1.29, 1.82) is 0 Å². The zero-order valence-corrected chi connectivity index (χ0v) is 11.1. The summed E-state index contributed by atoms with van der Waals surface area (Å²) in [6, 6.07) is 7.61. The van der Waals surface area contributed by atoms with Crippen molar-refractivity contribution < 1.29 is 14.0 Å². The van der Waals surface area contributed by atoms with Gasteiger partial charge in [0.1, 0.15) is 5.82 Å². The largest absolute Gasteiger partial charge is 0.344 e. The number of nitrogens with one attached hydrogen (secondary N) is 1. The molecule has 0 radical (unpaired) electrons. The Morgan fingerprint density at radius 3 is 2.74 bits per heavy atom. The van der Waals surface area contributed by atoms with Crippen molar-refractivity contribution in [2.24, 2.45) is 0 Å². The van der Waals surface area contributed by atoms with Gasteiger partial charge in [-0.05, 0) is 42.1 Å². The second-order valence-electron chi connectivity index (χ2n) is 4.05. The number of benzene rings is 1. The van der Waals surface area contributed by atoms with Crippen LogP contribution in [0.25, 0.3) is 0 Å². The summed E-state index contributed by atoms with van der Waals surface area (Å²) in [5, 5.41) is 4.34. The van der Waals surface area contributed by atoms with E-state index in [1.54, 1.807) is 24.4 Å². The minimum absolute atomic E-state index is 0.0954. The van der Waals surface area contributed by atoms with Gasteiger partial charge in [-0.2, -0.15) is 0 Å². The van der Waals surface area contributed by atoms with Crippen LogP contribution in [-0.4, -0.2) is 18.2 Å². The minimum Gasteiger partial charge on any atom is -0.344 e. The van der Waals surface area contributed by atoms with E-state index < -0.39 is 0 Å². The summed E-state index contributed by atoms with van der Waals surface area (Å²) >= 11 is 1.31. The Morgan fingerprint density at radius 2 is 2.11 bits per heavy atom. The van der Waals surface area contributed by atoms with E-state index in [0.29, 0.717) is 16.0 Å². The summed E-state index contributed by atoms with van der Waals surface area (Å²) in [4.78, 5) is 24.1. The van der Waals surface area contributed by atoms with Crippen LogP contribution in [0.1, 0.15) is 25.6 Å². The number of rotatable bonds is 4. The van der Waals surface area contributed by atoms with E-state index in [0.717, 1.165) is 0 Å². The van der Waals surface area contributed by atoms with Crippen molar-refractivity contribution in [2.75, 3.05) is 6.54 Å². The Balaban J connectivity index is 1.98. The molecular weight excluding hydrogens is 265 g/mol. The van der Waals surface area contributed by atoms with Gasteiger partial charge in [-0.1, -0.05) is 6.07 Å². The highest BCUT2D eigenvalue weighted by Gasteiger charge is 2.11. The number of halogens is 1. The highest BCUT2D eigenvalue weighted by Crippen LogP contribution is 2.10. The Bertz CT molecular complexity index is 608. The van der Waals surface area contributed by atoms with Crippen LogP contribution in [0.4, 0.5) is 4.39 Å². The first-order valence-electron chi connectivity index (χ1n) is 5.69. The zero-order valence-electron chi connectivity index (χ0n) is 10.3. The molecule has 1 N–H and O–H groups in total. The van der Waals surface area contributed by atoms with Gasteiger partial charge < -0.3 is 5.32 Å². The first-order chi connectivity index (χ1) is 9.08. The third-order valence-electron chi connectivity index (χ3n) is 2.63. The lowest BCUT2D eigenvalue weighted by atomic mass is 10.1. The molecule has 5 heteroatoms. The molecule has 1 aromatic carbocycles. The number of ketones is 1. The van der Waals surface area contributed by atoms with Crippen LogP contribution in [0.2, 0.25) is 0 Å². The molecule has 2 aromatic rings. The molecule has 3 nitrogen and oxygen atoms in total. The van der Waals surface area contributed by atoms with Gasteiger partial charge >= 0.3 is 0 Å². The fourth-order valence-corrected chi connectivity index (χ4v) is 2.22. The lowest BCUT2D eigenvalue weighted by Crippen LogP contribution is -2.29. The summed E-state index contributed by atoms with van der Waals surface area (Å²) < 4.78 is 13.1. The molecule has 0 aliphatic heterocycles. The van der Waals surface area contributed by atoms with E-state index >= 15 is 0 Å². The fraction of sp³-hybridized carbons (Fsp3) is 0.143. The Morgan fingerprint density at radius 1 is 1.32 bits per heavy atom. The lowest BCUT2D eigenvalue weighted by Gasteiger charge is -2.04. The molecular formula is C14H12FNO2S. The summed E-state index contributed by atoms with van der Waals surface area (Å²) in [6.45, 7) is 1.50. The molecule has 0 aliphatic rings. The molecule has 0 fully saturated rings. The number of carbonyl (C=O) groups is 2. The maximum Gasteiger partial charge on any atom is 0.261 e. The Hall–Kier alpha value is -2.01. The van der Waals surface area contributed by atoms with Gasteiger partial charge in [-0.3, -0.25) is 9.59 Å². The molecule has 0 saturated heterocycles. The number of carbonyl (C=O) groups excluding carboxylic acids is 2. The SMILES string of the molecule is Cc1cc(C(=O)CNC(=O)c2cccs2)ccc1F. The highest BCUT2D eigenvalue weighted by molar-refractivity contribution is 7.12. The van der Waals surface area contributed by atoms with Gasteiger partial charge in [0, 0.05) is 5.56 Å². The van der Waals surface area contributed by atoms with Crippen molar-refractivity contribution in [3.8, 4) is 0 Å². The van der Waals surface area contributed by atoms with Crippen LogP contribution in [0.15, 0.2) is 35.7 Å². The predicted octanol–water partition coefficient (Wildman–Crippen LogP) is 2.81. The van der Waals surface area contributed by atoms with Crippen LogP contribution in [0.5, 0.6) is 0 Å². The molecule has 0 saturated carbocycles. The topological polar surface area (TPSA) is 46.2 Å². The van der Waals surface area contributed by atoms with Crippen LogP contribution in [-0.2, 0) is 0 Å². The Labute approximate surface area is 114 Å². The maximum atomic E-state index is 13.1. The molecule has 19 heavy (non-hydrogen) atoms.